The van der Waals surface area contributed by atoms with Gasteiger partial charge in [0.25, 0.3) is 5.78 Å². The SMILES string of the molecule is CCOc1cc2c(cc1OCC)CN(CN1C(=O)C(=O)c3ccc(F)cc31)CC2. The van der Waals surface area contributed by atoms with E-state index in [1.165, 1.54) is 28.7 Å². The monoisotopic (exact) mass is 398 g/mol. The molecule has 2 aliphatic heterocycles. The third-order valence-corrected chi connectivity index (χ3v) is 5.23. The minimum Gasteiger partial charge on any atom is -0.490 e. The Morgan fingerprint density at radius 2 is 1.69 bits per heavy atom. The molecule has 0 aromatic heterocycles. The molecule has 0 aliphatic carbocycles. The minimum atomic E-state index is -0.613. The van der Waals surface area contributed by atoms with Crippen molar-refractivity contribution in [2.75, 3.05) is 31.3 Å². The van der Waals surface area contributed by atoms with Crippen LogP contribution in [0.3, 0.4) is 0 Å². The minimum absolute atomic E-state index is 0.234. The van der Waals surface area contributed by atoms with Crippen LogP contribution in [-0.4, -0.2) is 43.0 Å². The first-order chi connectivity index (χ1) is 14.0. The number of Topliss-reactive ketones (excluding diaryl/α,β-unsaturated/α-hetero) is 1. The van der Waals surface area contributed by atoms with Crippen LogP contribution in [-0.2, 0) is 17.8 Å². The molecule has 1 amide bonds. The number of hydrogen-bond acceptors (Lipinski definition) is 5. The Hall–Kier alpha value is -2.93. The van der Waals surface area contributed by atoms with Crippen LogP contribution in [0.2, 0.25) is 0 Å². The van der Waals surface area contributed by atoms with Crippen LogP contribution in [0.5, 0.6) is 11.5 Å². The molecule has 2 aromatic carbocycles. The lowest BCUT2D eigenvalue weighted by atomic mass is 9.99. The van der Waals surface area contributed by atoms with Crippen LogP contribution in [0.15, 0.2) is 30.3 Å². The van der Waals surface area contributed by atoms with E-state index in [0.717, 1.165) is 24.3 Å². The van der Waals surface area contributed by atoms with E-state index in [0.29, 0.717) is 31.2 Å². The first-order valence-electron chi connectivity index (χ1n) is 9.81. The summed E-state index contributed by atoms with van der Waals surface area (Å²) in [5.41, 5.74) is 2.88. The lowest BCUT2D eigenvalue weighted by Gasteiger charge is -2.32. The summed E-state index contributed by atoms with van der Waals surface area (Å²) >= 11 is 0. The van der Waals surface area contributed by atoms with Crippen molar-refractivity contribution in [1.82, 2.24) is 4.90 Å². The van der Waals surface area contributed by atoms with Gasteiger partial charge in [0.15, 0.2) is 11.5 Å². The van der Waals surface area contributed by atoms with Gasteiger partial charge in [-0.3, -0.25) is 19.4 Å². The van der Waals surface area contributed by atoms with Crippen LogP contribution < -0.4 is 14.4 Å². The van der Waals surface area contributed by atoms with Crippen molar-refractivity contribution in [3.8, 4) is 11.5 Å². The number of rotatable bonds is 6. The van der Waals surface area contributed by atoms with Gasteiger partial charge in [0.1, 0.15) is 5.82 Å². The molecule has 0 N–H and O–H groups in total. The molecule has 152 valence electrons. The lowest BCUT2D eigenvalue weighted by molar-refractivity contribution is -0.114. The molecule has 0 bridgehead atoms. The van der Waals surface area contributed by atoms with Crippen molar-refractivity contribution in [3.63, 3.8) is 0 Å². The Bertz CT molecular complexity index is 976. The van der Waals surface area contributed by atoms with Gasteiger partial charge in [0, 0.05) is 13.1 Å². The number of ether oxygens (including phenoxy) is 2. The number of anilines is 1. The summed E-state index contributed by atoms with van der Waals surface area (Å²) in [5, 5.41) is 0. The fraction of sp³-hybridized carbons (Fsp3) is 0.364. The summed E-state index contributed by atoms with van der Waals surface area (Å²) in [6.45, 7) is 6.51. The Morgan fingerprint density at radius 3 is 2.38 bits per heavy atom. The number of fused-ring (bicyclic) bond motifs is 2. The fourth-order valence-electron chi connectivity index (χ4n) is 3.89. The van der Waals surface area contributed by atoms with Crippen molar-refractivity contribution in [2.45, 2.75) is 26.8 Å². The van der Waals surface area contributed by atoms with E-state index in [-0.39, 0.29) is 12.2 Å². The van der Waals surface area contributed by atoms with Crippen LogP contribution in [0.4, 0.5) is 10.1 Å². The van der Waals surface area contributed by atoms with E-state index in [1.807, 2.05) is 26.0 Å². The Morgan fingerprint density at radius 1 is 1.00 bits per heavy atom. The van der Waals surface area contributed by atoms with Gasteiger partial charge < -0.3 is 9.47 Å². The van der Waals surface area contributed by atoms with Crippen molar-refractivity contribution < 1.29 is 23.5 Å². The molecule has 29 heavy (non-hydrogen) atoms. The predicted molar refractivity (Wildman–Crippen MR) is 106 cm³/mol. The maximum absolute atomic E-state index is 13.7. The van der Waals surface area contributed by atoms with Crippen LogP contribution in [0, 0.1) is 5.82 Å². The third-order valence-electron chi connectivity index (χ3n) is 5.23. The largest absolute Gasteiger partial charge is 0.490 e. The van der Waals surface area contributed by atoms with Gasteiger partial charge in [-0.15, -0.1) is 0 Å². The normalized spacial score (nSPS) is 16.0. The summed E-state index contributed by atoms with van der Waals surface area (Å²) < 4.78 is 25.1. The highest BCUT2D eigenvalue weighted by Gasteiger charge is 2.37. The highest BCUT2D eigenvalue weighted by Crippen LogP contribution is 2.35. The quantitative estimate of drug-likeness (QED) is 0.700. The highest BCUT2D eigenvalue weighted by molar-refractivity contribution is 6.52. The predicted octanol–water partition coefficient (Wildman–Crippen LogP) is 3.17. The van der Waals surface area contributed by atoms with E-state index >= 15 is 0 Å². The second kappa shape index (κ2) is 7.83. The van der Waals surface area contributed by atoms with Gasteiger partial charge in [-0.2, -0.15) is 0 Å². The molecule has 2 aromatic rings. The first-order valence-corrected chi connectivity index (χ1v) is 9.81. The van der Waals surface area contributed by atoms with E-state index in [2.05, 4.69) is 4.90 Å². The average Bonchev–Trinajstić information content (AvgIpc) is 2.93. The average molecular weight is 398 g/mol. The van der Waals surface area contributed by atoms with Gasteiger partial charge in [0.2, 0.25) is 0 Å². The van der Waals surface area contributed by atoms with Crippen LogP contribution in [0.1, 0.15) is 35.3 Å². The number of benzene rings is 2. The molecule has 0 fully saturated rings. The zero-order valence-corrected chi connectivity index (χ0v) is 16.5. The second-order valence-electron chi connectivity index (χ2n) is 7.10. The summed E-state index contributed by atoms with van der Waals surface area (Å²) in [6.07, 6.45) is 0.786. The molecule has 0 spiro atoms. The third kappa shape index (κ3) is 3.58. The molecule has 0 saturated carbocycles. The number of carbonyl (C=O) groups is 2. The van der Waals surface area contributed by atoms with Crippen LogP contribution >= 0.6 is 0 Å². The van der Waals surface area contributed by atoms with Crippen molar-refractivity contribution >= 4 is 17.4 Å². The molecule has 0 saturated heterocycles. The van der Waals surface area contributed by atoms with Crippen molar-refractivity contribution in [1.29, 1.82) is 0 Å². The maximum atomic E-state index is 13.7. The zero-order chi connectivity index (χ0) is 20.5. The zero-order valence-electron chi connectivity index (χ0n) is 16.5. The Kier molecular flexibility index (Phi) is 5.24. The van der Waals surface area contributed by atoms with Crippen molar-refractivity contribution in [2.24, 2.45) is 0 Å². The number of halogens is 1. The van der Waals surface area contributed by atoms with E-state index in [4.69, 9.17) is 9.47 Å². The molecule has 2 heterocycles. The van der Waals surface area contributed by atoms with Gasteiger partial charge in [-0.05, 0) is 61.7 Å². The number of hydrogen-bond donors (Lipinski definition) is 0. The van der Waals surface area contributed by atoms with Crippen LogP contribution in [0.25, 0.3) is 0 Å². The molecular formula is C22H23FN2O4. The highest BCUT2D eigenvalue weighted by atomic mass is 19.1. The maximum Gasteiger partial charge on any atom is 0.300 e. The first kappa shape index (κ1) is 19.4. The number of nitrogens with zero attached hydrogens (tertiary/aromatic N) is 2. The van der Waals surface area contributed by atoms with Gasteiger partial charge in [-0.1, -0.05) is 0 Å². The lowest BCUT2D eigenvalue weighted by Crippen LogP contribution is -2.43. The topological polar surface area (TPSA) is 59.1 Å². The molecule has 4 rings (SSSR count). The summed E-state index contributed by atoms with van der Waals surface area (Å²) in [4.78, 5) is 28.1. The number of amides is 1. The molecule has 0 radical (unpaired) electrons. The smallest absolute Gasteiger partial charge is 0.300 e. The molecule has 7 heteroatoms. The molecule has 2 aliphatic rings. The second-order valence-corrected chi connectivity index (χ2v) is 7.10. The molecular weight excluding hydrogens is 375 g/mol. The Balaban J connectivity index is 1.56. The Labute approximate surface area is 168 Å². The molecule has 6 nitrogen and oxygen atoms in total. The fourth-order valence-corrected chi connectivity index (χ4v) is 3.89. The van der Waals surface area contributed by atoms with Gasteiger partial charge in [-0.25, -0.2) is 4.39 Å². The summed E-state index contributed by atoms with van der Waals surface area (Å²) in [7, 11) is 0. The summed E-state index contributed by atoms with van der Waals surface area (Å²) in [5.74, 6) is -0.221. The number of ketones is 1. The standard InChI is InChI=1S/C22H23FN2O4/c1-3-28-19-9-14-7-8-24(12-15(14)10-20(19)29-4-2)13-25-18-11-16(23)5-6-17(18)21(26)22(25)27/h5-6,9-11H,3-4,7-8,12-13H2,1-2H3. The molecule has 0 unspecified atom stereocenters. The van der Waals surface area contributed by atoms with Gasteiger partial charge >= 0.3 is 5.91 Å². The molecule has 0 atom stereocenters. The van der Waals surface area contributed by atoms with E-state index < -0.39 is 17.5 Å². The number of carbonyl (C=O) groups excluding carboxylic acids is 2. The van der Waals surface area contributed by atoms with E-state index in [1.54, 1.807) is 0 Å². The van der Waals surface area contributed by atoms with E-state index in [9.17, 15) is 14.0 Å². The van der Waals surface area contributed by atoms with Gasteiger partial charge in [0.05, 0.1) is 31.1 Å². The summed E-state index contributed by atoms with van der Waals surface area (Å²) in [6, 6.07) is 7.84. The van der Waals surface area contributed by atoms with Crippen molar-refractivity contribution in [3.05, 3.63) is 52.8 Å².